The first kappa shape index (κ1) is 12.1. The Bertz CT molecular complexity index is 369. The Labute approximate surface area is 102 Å². The van der Waals surface area contributed by atoms with Crippen molar-refractivity contribution in [3.63, 3.8) is 0 Å². The van der Waals surface area contributed by atoms with Crippen LogP contribution in [-0.2, 0) is 16.2 Å². The quantitative estimate of drug-likeness (QED) is 0.812. The van der Waals surface area contributed by atoms with E-state index >= 15 is 0 Å². The van der Waals surface area contributed by atoms with Crippen LogP contribution in [0.1, 0.15) is 38.2 Å². The highest BCUT2D eigenvalue weighted by Gasteiger charge is 2.36. The van der Waals surface area contributed by atoms with Gasteiger partial charge < -0.3 is 0 Å². The maximum atomic E-state index is 11.9. The molecule has 3 heteroatoms. The molecule has 1 aromatic rings. The Balaban J connectivity index is 1.77. The highest BCUT2D eigenvalue weighted by atomic mass is 16.6. The van der Waals surface area contributed by atoms with E-state index in [9.17, 15) is 4.79 Å². The van der Waals surface area contributed by atoms with E-state index in [1.165, 1.54) is 0 Å². The number of rotatable bonds is 4. The highest BCUT2D eigenvalue weighted by Crippen LogP contribution is 2.37. The second-order valence-corrected chi connectivity index (χ2v) is 4.97. The van der Waals surface area contributed by atoms with Crippen LogP contribution >= 0.6 is 0 Å². The molecule has 0 aromatic heterocycles. The Morgan fingerprint density at radius 1 is 1.29 bits per heavy atom. The summed E-state index contributed by atoms with van der Waals surface area (Å²) in [6.45, 7) is 2.43. The molecular weight excluding hydrogens is 214 g/mol. The van der Waals surface area contributed by atoms with Crippen molar-refractivity contribution in [1.29, 1.82) is 0 Å². The zero-order chi connectivity index (χ0) is 12.1. The van der Waals surface area contributed by atoms with Gasteiger partial charge in [-0.2, -0.15) is 0 Å². The van der Waals surface area contributed by atoms with E-state index in [0.717, 1.165) is 31.2 Å². The molecular formula is C14H19NO2. The Morgan fingerprint density at radius 3 is 2.59 bits per heavy atom. The zero-order valence-electron chi connectivity index (χ0n) is 10.2. The summed E-state index contributed by atoms with van der Waals surface area (Å²) < 4.78 is 0. The first-order valence-corrected chi connectivity index (χ1v) is 6.17. The van der Waals surface area contributed by atoms with Gasteiger partial charge in [-0.25, -0.2) is 5.48 Å². The number of hydroxylamine groups is 1. The van der Waals surface area contributed by atoms with Gasteiger partial charge in [0.2, 0.25) is 5.91 Å². The standard InChI is InChI=1S/C14H19NO2/c1-14(9-5-6-10-14)13(16)15-17-11-12-7-3-2-4-8-12/h2-4,7-8H,5-6,9-11H2,1H3,(H,15,16). The van der Waals surface area contributed by atoms with Gasteiger partial charge in [0.25, 0.3) is 0 Å². The number of hydrogen-bond acceptors (Lipinski definition) is 2. The van der Waals surface area contributed by atoms with Gasteiger partial charge in [0.05, 0.1) is 6.61 Å². The molecule has 0 saturated heterocycles. The summed E-state index contributed by atoms with van der Waals surface area (Å²) in [5, 5.41) is 0. The molecule has 1 saturated carbocycles. The van der Waals surface area contributed by atoms with Crippen LogP contribution < -0.4 is 5.48 Å². The molecule has 1 fully saturated rings. The van der Waals surface area contributed by atoms with Gasteiger partial charge in [0, 0.05) is 5.41 Å². The SMILES string of the molecule is CC1(C(=O)NOCc2ccccc2)CCCC1. The van der Waals surface area contributed by atoms with Crippen LogP contribution in [-0.4, -0.2) is 5.91 Å². The van der Waals surface area contributed by atoms with Crippen LogP contribution in [0.4, 0.5) is 0 Å². The van der Waals surface area contributed by atoms with Gasteiger partial charge >= 0.3 is 0 Å². The summed E-state index contributed by atoms with van der Waals surface area (Å²) >= 11 is 0. The average molecular weight is 233 g/mol. The van der Waals surface area contributed by atoms with E-state index in [1.54, 1.807) is 0 Å². The molecule has 2 rings (SSSR count). The maximum absolute atomic E-state index is 11.9. The first-order valence-electron chi connectivity index (χ1n) is 6.17. The van der Waals surface area contributed by atoms with Gasteiger partial charge in [0.1, 0.15) is 0 Å². The van der Waals surface area contributed by atoms with Crippen molar-refractivity contribution in [3.8, 4) is 0 Å². The third-order valence-electron chi connectivity index (χ3n) is 3.50. The minimum Gasteiger partial charge on any atom is -0.272 e. The number of carbonyl (C=O) groups excluding carboxylic acids is 1. The monoisotopic (exact) mass is 233 g/mol. The van der Waals surface area contributed by atoms with Gasteiger partial charge in [-0.15, -0.1) is 0 Å². The molecule has 1 amide bonds. The molecule has 0 heterocycles. The second kappa shape index (κ2) is 5.32. The molecule has 0 bridgehead atoms. The largest absolute Gasteiger partial charge is 0.272 e. The fourth-order valence-corrected chi connectivity index (χ4v) is 2.26. The summed E-state index contributed by atoms with van der Waals surface area (Å²) in [6, 6.07) is 9.83. The number of nitrogens with one attached hydrogen (secondary N) is 1. The molecule has 0 atom stereocenters. The van der Waals surface area contributed by atoms with E-state index in [-0.39, 0.29) is 11.3 Å². The Hall–Kier alpha value is -1.35. The molecule has 17 heavy (non-hydrogen) atoms. The van der Waals surface area contributed by atoms with Crippen molar-refractivity contribution in [2.45, 2.75) is 39.2 Å². The lowest BCUT2D eigenvalue weighted by Gasteiger charge is -2.21. The van der Waals surface area contributed by atoms with Gasteiger partial charge in [-0.05, 0) is 18.4 Å². The summed E-state index contributed by atoms with van der Waals surface area (Å²) in [4.78, 5) is 17.2. The Kier molecular flexibility index (Phi) is 3.79. The molecule has 3 nitrogen and oxygen atoms in total. The summed E-state index contributed by atoms with van der Waals surface area (Å²) in [5.74, 6) is 0.0194. The van der Waals surface area contributed by atoms with Crippen molar-refractivity contribution in [3.05, 3.63) is 35.9 Å². The molecule has 1 aliphatic rings. The minimum atomic E-state index is -0.226. The van der Waals surface area contributed by atoms with Crippen LogP contribution in [0.5, 0.6) is 0 Å². The van der Waals surface area contributed by atoms with Crippen molar-refractivity contribution in [1.82, 2.24) is 5.48 Å². The predicted octanol–water partition coefficient (Wildman–Crippen LogP) is 2.81. The molecule has 92 valence electrons. The topological polar surface area (TPSA) is 38.3 Å². The zero-order valence-corrected chi connectivity index (χ0v) is 10.2. The normalized spacial score (nSPS) is 17.9. The smallest absolute Gasteiger partial charge is 0.249 e. The number of carbonyl (C=O) groups is 1. The van der Waals surface area contributed by atoms with Crippen LogP contribution in [0.2, 0.25) is 0 Å². The summed E-state index contributed by atoms with van der Waals surface area (Å²) in [7, 11) is 0. The molecule has 0 aliphatic heterocycles. The van der Waals surface area contributed by atoms with Crippen molar-refractivity contribution < 1.29 is 9.63 Å². The fraction of sp³-hybridized carbons (Fsp3) is 0.500. The lowest BCUT2D eigenvalue weighted by atomic mass is 9.88. The van der Waals surface area contributed by atoms with Crippen LogP contribution in [0, 0.1) is 5.41 Å². The second-order valence-electron chi connectivity index (χ2n) is 4.97. The molecule has 0 radical (unpaired) electrons. The van der Waals surface area contributed by atoms with Crippen molar-refractivity contribution in [2.75, 3.05) is 0 Å². The summed E-state index contributed by atoms with van der Waals surface area (Å²) in [6.07, 6.45) is 4.21. The lowest BCUT2D eigenvalue weighted by Crippen LogP contribution is -2.36. The summed E-state index contributed by atoms with van der Waals surface area (Å²) in [5.41, 5.74) is 3.41. The minimum absolute atomic E-state index is 0.0194. The van der Waals surface area contributed by atoms with Crippen molar-refractivity contribution in [2.24, 2.45) is 5.41 Å². The lowest BCUT2D eigenvalue weighted by molar-refractivity contribution is -0.144. The van der Waals surface area contributed by atoms with Gasteiger partial charge in [0.15, 0.2) is 0 Å². The van der Waals surface area contributed by atoms with E-state index in [0.29, 0.717) is 6.61 Å². The molecule has 1 N–H and O–H groups in total. The predicted molar refractivity (Wildman–Crippen MR) is 65.9 cm³/mol. The van der Waals surface area contributed by atoms with E-state index in [2.05, 4.69) is 5.48 Å². The van der Waals surface area contributed by atoms with Crippen LogP contribution in [0.3, 0.4) is 0 Å². The van der Waals surface area contributed by atoms with Crippen LogP contribution in [0.25, 0.3) is 0 Å². The first-order chi connectivity index (χ1) is 8.21. The molecule has 1 aliphatic carbocycles. The maximum Gasteiger partial charge on any atom is 0.249 e. The highest BCUT2D eigenvalue weighted by molar-refractivity contribution is 5.81. The third-order valence-corrected chi connectivity index (χ3v) is 3.50. The van der Waals surface area contributed by atoms with E-state index in [1.807, 2.05) is 37.3 Å². The van der Waals surface area contributed by atoms with Gasteiger partial charge in [-0.1, -0.05) is 50.1 Å². The molecule has 0 unspecified atom stereocenters. The molecule has 1 aromatic carbocycles. The van der Waals surface area contributed by atoms with Crippen molar-refractivity contribution >= 4 is 5.91 Å². The van der Waals surface area contributed by atoms with E-state index < -0.39 is 0 Å². The Morgan fingerprint density at radius 2 is 1.94 bits per heavy atom. The average Bonchev–Trinajstić information content (AvgIpc) is 2.79. The fourth-order valence-electron chi connectivity index (χ4n) is 2.26. The van der Waals surface area contributed by atoms with Crippen LogP contribution in [0.15, 0.2) is 30.3 Å². The van der Waals surface area contributed by atoms with E-state index in [4.69, 9.17) is 4.84 Å². The third kappa shape index (κ3) is 3.07. The number of benzene rings is 1. The molecule has 0 spiro atoms. The number of hydrogen-bond donors (Lipinski definition) is 1. The van der Waals surface area contributed by atoms with Gasteiger partial charge in [-0.3, -0.25) is 9.63 Å². The number of amides is 1.